The molecule has 0 saturated heterocycles. The van der Waals surface area contributed by atoms with Gasteiger partial charge in [-0.05, 0) is 64.8 Å². The maximum atomic E-state index is 12.5. The summed E-state index contributed by atoms with van der Waals surface area (Å²) in [5, 5.41) is 15.6. The number of nitrogens with zero attached hydrogens (tertiary/aromatic N) is 2. The molecule has 1 N–H and O–H groups in total. The SMILES string of the molecule is CC(C)(C)CC(C)(C)c1ccc(OCC(=O)N/N=C/c2cccc(OC(=O)c3ccc4c(c3)OCO4)c2)c([N+](=O)[O-])c1. The second-order valence-corrected chi connectivity index (χ2v) is 11.7. The van der Waals surface area contributed by atoms with E-state index in [9.17, 15) is 19.7 Å². The fourth-order valence-electron chi connectivity index (χ4n) is 4.83. The van der Waals surface area contributed by atoms with Crippen LogP contribution in [0.4, 0.5) is 5.69 Å². The number of nitrogens with one attached hydrogen (secondary N) is 1. The van der Waals surface area contributed by atoms with Crippen molar-refractivity contribution in [3.8, 4) is 23.0 Å². The number of hydrogen-bond donors (Lipinski definition) is 1. The first-order valence-electron chi connectivity index (χ1n) is 13.3. The lowest BCUT2D eigenvalue weighted by Gasteiger charge is -2.33. The summed E-state index contributed by atoms with van der Waals surface area (Å²) >= 11 is 0. The van der Waals surface area contributed by atoms with Crippen molar-refractivity contribution in [1.29, 1.82) is 0 Å². The molecule has 1 heterocycles. The molecule has 0 fully saturated rings. The molecule has 1 aliphatic heterocycles. The number of amides is 1. The van der Waals surface area contributed by atoms with Crippen molar-refractivity contribution in [1.82, 2.24) is 5.43 Å². The number of nitro benzene ring substituents is 1. The Kier molecular flexibility index (Phi) is 8.79. The van der Waals surface area contributed by atoms with Crippen molar-refractivity contribution in [3.63, 3.8) is 0 Å². The Bertz CT molecular complexity index is 1520. The van der Waals surface area contributed by atoms with E-state index in [-0.39, 0.29) is 34.8 Å². The Balaban J connectivity index is 1.32. The third-order valence-electron chi connectivity index (χ3n) is 6.35. The maximum Gasteiger partial charge on any atom is 0.343 e. The molecule has 4 rings (SSSR count). The summed E-state index contributed by atoms with van der Waals surface area (Å²) in [4.78, 5) is 36.1. The highest BCUT2D eigenvalue weighted by Gasteiger charge is 2.30. The maximum absolute atomic E-state index is 12.5. The second-order valence-electron chi connectivity index (χ2n) is 11.7. The first kappa shape index (κ1) is 30.0. The molecule has 0 aromatic heterocycles. The molecule has 0 unspecified atom stereocenters. The number of ether oxygens (including phenoxy) is 4. The zero-order valence-corrected chi connectivity index (χ0v) is 24.1. The number of hydrogen-bond acceptors (Lipinski definition) is 9. The van der Waals surface area contributed by atoms with E-state index in [2.05, 4.69) is 31.3 Å². The van der Waals surface area contributed by atoms with E-state index in [1.807, 2.05) is 13.8 Å². The summed E-state index contributed by atoms with van der Waals surface area (Å²) in [5.74, 6) is 0.112. The minimum Gasteiger partial charge on any atom is -0.477 e. The molecular formula is C31H33N3O8. The normalized spacial score (nSPS) is 12.7. The standard InChI is InChI=1S/C31H33N3O8/c1-30(2,3)18-31(4,5)22-10-12-25(24(15-22)34(37)38)39-17-28(35)33-32-16-20-7-6-8-23(13-20)42-29(36)21-9-11-26-27(14-21)41-19-40-26/h6-16H,17-19H2,1-5H3,(H,33,35)/b32-16+. The minimum atomic E-state index is -0.608. The number of nitro groups is 1. The first-order valence-corrected chi connectivity index (χ1v) is 13.3. The lowest BCUT2D eigenvalue weighted by Crippen LogP contribution is -2.26. The number of hydrazone groups is 1. The fraction of sp³-hybridized carbons (Fsp3) is 0.323. The van der Waals surface area contributed by atoms with Crippen LogP contribution in [0.25, 0.3) is 0 Å². The fourth-order valence-corrected chi connectivity index (χ4v) is 4.83. The molecule has 1 aliphatic rings. The van der Waals surface area contributed by atoms with Gasteiger partial charge in [0.2, 0.25) is 6.79 Å². The van der Waals surface area contributed by atoms with E-state index in [1.165, 1.54) is 18.3 Å². The Morgan fingerprint density at radius 1 is 1.02 bits per heavy atom. The van der Waals surface area contributed by atoms with Gasteiger partial charge in [0.05, 0.1) is 16.7 Å². The number of benzene rings is 3. The Hall–Kier alpha value is -4.93. The highest BCUT2D eigenvalue weighted by molar-refractivity contribution is 5.92. The zero-order chi connectivity index (χ0) is 30.5. The molecule has 0 radical (unpaired) electrons. The summed E-state index contributed by atoms with van der Waals surface area (Å²) in [7, 11) is 0. The highest BCUT2D eigenvalue weighted by atomic mass is 16.7. The number of esters is 1. The van der Waals surface area contributed by atoms with Gasteiger partial charge in [0.25, 0.3) is 5.91 Å². The zero-order valence-electron chi connectivity index (χ0n) is 24.1. The summed E-state index contributed by atoms with van der Waals surface area (Å²) in [5.41, 5.74) is 3.52. The van der Waals surface area contributed by atoms with Crippen molar-refractivity contribution in [3.05, 3.63) is 87.5 Å². The van der Waals surface area contributed by atoms with Crippen molar-refractivity contribution in [2.45, 2.75) is 46.5 Å². The Morgan fingerprint density at radius 2 is 1.79 bits per heavy atom. The predicted octanol–water partition coefficient (Wildman–Crippen LogP) is 5.79. The largest absolute Gasteiger partial charge is 0.477 e. The van der Waals surface area contributed by atoms with Crippen LogP contribution < -0.4 is 24.4 Å². The molecule has 11 heteroatoms. The third-order valence-corrected chi connectivity index (χ3v) is 6.35. The Labute approximate surface area is 243 Å². The van der Waals surface area contributed by atoms with Crippen LogP contribution in [0.2, 0.25) is 0 Å². The van der Waals surface area contributed by atoms with Crippen LogP contribution in [0.1, 0.15) is 62.5 Å². The molecular weight excluding hydrogens is 542 g/mol. The van der Waals surface area contributed by atoms with E-state index < -0.39 is 23.4 Å². The lowest BCUT2D eigenvalue weighted by molar-refractivity contribution is -0.385. The van der Waals surface area contributed by atoms with Gasteiger partial charge in [-0.15, -0.1) is 0 Å². The molecule has 0 bridgehead atoms. The first-order chi connectivity index (χ1) is 19.8. The van der Waals surface area contributed by atoms with Gasteiger partial charge in [0.1, 0.15) is 5.75 Å². The van der Waals surface area contributed by atoms with E-state index in [1.54, 1.807) is 48.5 Å². The van der Waals surface area contributed by atoms with E-state index >= 15 is 0 Å². The topological polar surface area (TPSA) is 139 Å². The van der Waals surface area contributed by atoms with Crippen molar-refractivity contribution < 1.29 is 33.5 Å². The van der Waals surface area contributed by atoms with Crippen LogP contribution in [0.5, 0.6) is 23.0 Å². The van der Waals surface area contributed by atoms with Gasteiger partial charge in [-0.25, -0.2) is 10.2 Å². The van der Waals surface area contributed by atoms with Gasteiger partial charge < -0.3 is 18.9 Å². The molecule has 0 saturated carbocycles. The Morgan fingerprint density at radius 3 is 2.52 bits per heavy atom. The lowest BCUT2D eigenvalue weighted by atomic mass is 9.72. The minimum absolute atomic E-state index is 0.00795. The van der Waals surface area contributed by atoms with Crippen molar-refractivity contribution in [2.75, 3.05) is 13.4 Å². The molecule has 0 atom stereocenters. The molecule has 220 valence electrons. The van der Waals surface area contributed by atoms with Crippen LogP contribution in [-0.2, 0) is 10.2 Å². The highest BCUT2D eigenvalue weighted by Crippen LogP contribution is 2.39. The quantitative estimate of drug-likeness (QED) is 0.105. The van der Waals surface area contributed by atoms with Gasteiger partial charge in [0.15, 0.2) is 23.9 Å². The van der Waals surface area contributed by atoms with E-state index in [0.717, 1.165) is 12.0 Å². The molecule has 42 heavy (non-hydrogen) atoms. The van der Waals surface area contributed by atoms with Crippen LogP contribution in [0, 0.1) is 15.5 Å². The van der Waals surface area contributed by atoms with Gasteiger partial charge >= 0.3 is 11.7 Å². The molecule has 3 aromatic carbocycles. The third kappa shape index (κ3) is 7.84. The van der Waals surface area contributed by atoms with Gasteiger partial charge in [-0.1, -0.05) is 52.8 Å². The molecule has 1 amide bonds. The predicted molar refractivity (Wildman–Crippen MR) is 155 cm³/mol. The molecule has 11 nitrogen and oxygen atoms in total. The van der Waals surface area contributed by atoms with Gasteiger partial charge in [0, 0.05) is 6.07 Å². The molecule has 3 aromatic rings. The van der Waals surface area contributed by atoms with Crippen molar-refractivity contribution in [2.24, 2.45) is 10.5 Å². The van der Waals surface area contributed by atoms with Gasteiger partial charge in [-0.2, -0.15) is 5.10 Å². The average molecular weight is 576 g/mol. The van der Waals surface area contributed by atoms with Crippen molar-refractivity contribution >= 4 is 23.8 Å². The average Bonchev–Trinajstić information content (AvgIpc) is 3.39. The van der Waals surface area contributed by atoms with E-state index in [4.69, 9.17) is 18.9 Å². The van der Waals surface area contributed by atoms with Crippen LogP contribution in [0.15, 0.2) is 65.8 Å². The van der Waals surface area contributed by atoms with Crippen LogP contribution in [0.3, 0.4) is 0 Å². The molecule has 0 aliphatic carbocycles. The number of carbonyl (C=O) groups excluding carboxylic acids is 2. The monoisotopic (exact) mass is 575 g/mol. The van der Waals surface area contributed by atoms with Crippen LogP contribution >= 0.6 is 0 Å². The summed E-state index contributed by atoms with van der Waals surface area (Å²) in [6.45, 7) is 10.1. The number of rotatable bonds is 10. The molecule has 0 spiro atoms. The number of fused-ring (bicyclic) bond motifs is 1. The van der Waals surface area contributed by atoms with E-state index in [0.29, 0.717) is 22.6 Å². The summed E-state index contributed by atoms with van der Waals surface area (Å²) in [6, 6.07) is 16.1. The number of carbonyl (C=O) groups is 2. The van der Waals surface area contributed by atoms with Gasteiger partial charge in [-0.3, -0.25) is 14.9 Å². The summed E-state index contributed by atoms with van der Waals surface area (Å²) < 4.78 is 21.4. The summed E-state index contributed by atoms with van der Waals surface area (Å²) in [6.07, 6.45) is 2.19. The smallest absolute Gasteiger partial charge is 0.343 e. The second kappa shape index (κ2) is 12.3. The van der Waals surface area contributed by atoms with Crippen LogP contribution in [-0.4, -0.2) is 36.4 Å².